The molecule has 138 valence electrons. The highest BCUT2D eigenvalue weighted by Crippen LogP contribution is 2.28. The average molecular weight is 373 g/mol. The second-order valence-electron chi connectivity index (χ2n) is 6.75. The number of aliphatic hydroxyl groups excluding tert-OH is 1. The number of rotatable bonds is 6. The third-order valence-electron chi connectivity index (χ3n) is 4.45. The van der Waals surface area contributed by atoms with Crippen LogP contribution >= 0.6 is 0 Å². The van der Waals surface area contributed by atoms with Crippen LogP contribution in [0.4, 0.5) is 0 Å². The van der Waals surface area contributed by atoms with Gasteiger partial charge in [0.25, 0.3) is 0 Å². The number of hydrogen-bond donors (Lipinski definition) is 3. The summed E-state index contributed by atoms with van der Waals surface area (Å²) in [5, 5.41) is 10.4. The summed E-state index contributed by atoms with van der Waals surface area (Å²) >= 11 is 0. The van der Waals surface area contributed by atoms with E-state index in [4.69, 9.17) is 0 Å². The number of benzene rings is 1. The van der Waals surface area contributed by atoms with Crippen molar-refractivity contribution in [2.24, 2.45) is 5.92 Å². The Hall–Kier alpha value is -2.22. The lowest BCUT2D eigenvalue weighted by Crippen LogP contribution is -2.41. The number of aromatic nitrogens is 2. The fraction of sp³-hybridized carbons (Fsp3) is 0.316. The van der Waals surface area contributed by atoms with Gasteiger partial charge in [0.2, 0.25) is 10.0 Å². The van der Waals surface area contributed by atoms with Crippen molar-refractivity contribution >= 4 is 21.1 Å². The first-order valence-corrected chi connectivity index (χ1v) is 9.98. The van der Waals surface area contributed by atoms with Crippen molar-refractivity contribution in [3.63, 3.8) is 0 Å². The molecule has 2 heterocycles. The fourth-order valence-electron chi connectivity index (χ4n) is 2.88. The third-order valence-corrected chi connectivity index (χ3v) is 5.96. The SMILES string of the molecule is Cc1cc2c(-c3ccc(S(=O)(=O)NC(CO)C(C)C)cc3)ccnc2[nH]1. The zero-order valence-electron chi connectivity index (χ0n) is 15.0. The molecule has 0 aliphatic rings. The standard InChI is InChI=1S/C19H23N3O3S/c1-12(2)18(11-23)22-26(24,25)15-6-4-14(5-7-15)16-8-9-20-19-17(16)10-13(3)21-19/h4-10,12,18,22-23H,11H2,1-3H3,(H,20,21). The lowest BCUT2D eigenvalue weighted by Gasteiger charge is -2.19. The molecule has 0 saturated heterocycles. The van der Waals surface area contributed by atoms with Crippen LogP contribution < -0.4 is 4.72 Å². The zero-order chi connectivity index (χ0) is 18.9. The number of H-pyrrole nitrogens is 1. The molecule has 0 aliphatic carbocycles. The van der Waals surface area contributed by atoms with Gasteiger partial charge in [-0.3, -0.25) is 0 Å². The molecule has 0 bridgehead atoms. The molecule has 3 rings (SSSR count). The Morgan fingerprint density at radius 2 is 1.88 bits per heavy atom. The van der Waals surface area contributed by atoms with Gasteiger partial charge in [0.15, 0.2) is 0 Å². The van der Waals surface area contributed by atoms with Gasteiger partial charge >= 0.3 is 0 Å². The highest BCUT2D eigenvalue weighted by atomic mass is 32.2. The van der Waals surface area contributed by atoms with E-state index in [9.17, 15) is 13.5 Å². The molecule has 3 aromatic rings. The number of nitrogens with zero attached hydrogens (tertiary/aromatic N) is 1. The smallest absolute Gasteiger partial charge is 0.240 e. The molecule has 0 spiro atoms. The molecule has 1 unspecified atom stereocenters. The topological polar surface area (TPSA) is 95.1 Å². The maximum atomic E-state index is 12.5. The van der Waals surface area contributed by atoms with E-state index in [-0.39, 0.29) is 17.4 Å². The van der Waals surface area contributed by atoms with Crippen LogP contribution in [-0.2, 0) is 10.0 Å². The van der Waals surface area contributed by atoms with Gasteiger partial charge in [0.05, 0.1) is 11.5 Å². The zero-order valence-corrected chi connectivity index (χ0v) is 15.8. The van der Waals surface area contributed by atoms with E-state index in [1.165, 1.54) is 0 Å². The van der Waals surface area contributed by atoms with Crippen LogP contribution in [-0.4, -0.2) is 36.1 Å². The van der Waals surface area contributed by atoms with Crippen LogP contribution in [0.15, 0.2) is 47.5 Å². The quantitative estimate of drug-likeness (QED) is 0.619. The molecular formula is C19H23N3O3S. The van der Waals surface area contributed by atoms with Crippen LogP contribution in [0.3, 0.4) is 0 Å². The molecule has 2 aromatic heterocycles. The van der Waals surface area contributed by atoms with Crippen molar-refractivity contribution in [3.05, 3.63) is 48.3 Å². The van der Waals surface area contributed by atoms with E-state index in [1.807, 2.05) is 32.9 Å². The number of sulfonamides is 1. The van der Waals surface area contributed by atoms with Gasteiger partial charge in [0, 0.05) is 23.3 Å². The Morgan fingerprint density at radius 1 is 1.19 bits per heavy atom. The molecule has 0 fully saturated rings. The Bertz CT molecular complexity index is 1010. The normalized spacial score (nSPS) is 13.4. The summed E-state index contributed by atoms with van der Waals surface area (Å²) in [6.45, 7) is 5.45. The fourth-order valence-corrected chi connectivity index (χ4v) is 4.25. The van der Waals surface area contributed by atoms with E-state index in [0.717, 1.165) is 27.9 Å². The van der Waals surface area contributed by atoms with E-state index >= 15 is 0 Å². The van der Waals surface area contributed by atoms with Crippen LogP contribution in [0.1, 0.15) is 19.5 Å². The lowest BCUT2D eigenvalue weighted by molar-refractivity contribution is 0.227. The summed E-state index contributed by atoms with van der Waals surface area (Å²) in [7, 11) is -3.68. The first kappa shape index (κ1) is 18.6. The minimum absolute atomic E-state index is 0.00372. The highest BCUT2D eigenvalue weighted by Gasteiger charge is 2.22. The van der Waals surface area contributed by atoms with Crippen molar-refractivity contribution in [2.75, 3.05) is 6.61 Å². The summed E-state index contributed by atoms with van der Waals surface area (Å²) < 4.78 is 27.6. The molecule has 3 N–H and O–H groups in total. The van der Waals surface area contributed by atoms with Gasteiger partial charge in [-0.2, -0.15) is 0 Å². The molecule has 1 atom stereocenters. The van der Waals surface area contributed by atoms with Crippen LogP contribution in [0.5, 0.6) is 0 Å². The Kier molecular flexibility index (Phi) is 5.13. The van der Waals surface area contributed by atoms with Gasteiger partial charge in [-0.1, -0.05) is 26.0 Å². The number of aliphatic hydroxyl groups is 1. The summed E-state index contributed by atoms with van der Waals surface area (Å²) in [5.74, 6) is -0.00372. The van der Waals surface area contributed by atoms with Crippen molar-refractivity contribution in [1.82, 2.24) is 14.7 Å². The second kappa shape index (κ2) is 7.19. The lowest BCUT2D eigenvalue weighted by atomic mass is 10.0. The third kappa shape index (κ3) is 3.65. The molecule has 0 radical (unpaired) electrons. The summed E-state index contributed by atoms with van der Waals surface area (Å²) in [4.78, 5) is 7.70. The maximum Gasteiger partial charge on any atom is 0.240 e. The first-order valence-electron chi connectivity index (χ1n) is 8.50. The minimum Gasteiger partial charge on any atom is -0.395 e. The van der Waals surface area contributed by atoms with E-state index in [1.54, 1.807) is 30.5 Å². The summed E-state index contributed by atoms with van der Waals surface area (Å²) in [6.07, 6.45) is 1.73. The van der Waals surface area contributed by atoms with Gasteiger partial charge in [-0.25, -0.2) is 18.1 Å². The molecule has 26 heavy (non-hydrogen) atoms. The highest BCUT2D eigenvalue weighted by molar-refractivity contribution is 7.89. The van der Waals surface area contributed by atoms with Crippen molar-refractivity contribution in [2.45, 2.75) is 31.7 Å². The number of nitrogens with one attached hydrogen (secondary N) is 2. The summed E-state index contributed by atoms with van der Waals surface area (Å²) in [5.41, 5.74) is 3.73. The molecular weight excluding hydrogens is 350 g/mol. The van der Waals surface area contributed by atoms with E-state index in [2.05, 4.69) is 14.7 Å². The molecule has 0 aliphatic heterocycles. The van der Waals surface area contributed by atoms with Gasteiger partial charge in [-0.05, 0) is 48.2 Å². The van der Waals surface area contributed by atoms with Crippen LogP contribution in [0.2, 0.25) is 0 Å². The van der Waals surface area contributed by atoms with Gasteiger partial charge in [-0.15, -0.1) is 0 Å². The van der Waals surface area contributed by atoms with Crippen LogP contribution in [0.25, 0.3) is 22.2 Å². The Labute approximate surface area is 153 Å². The predicted octanol–water partition coefficient (Wildman–Crippen LogP) is 2.83. The molecule has 6 nitrogen and oxygen atoms in total. The summed E-state index contributed by atoms with van der Waals surface area (Å²) in [6, 6.07) is 10.2. The van der Waals surface area contributed by atoms with E-state index < -0.39 is 16.1 Å². The largest absolute Gasteiger partial charge is 0.395 e. The van der Waals surface area contributed by atoms with E-state index in [0.29, 0.717) is 0 Å². The number of aryl methyl sites for hydroxylation is 1. The predicted molar refractivity (Wildman–Crippen MR) is 102 cm³/mol. The van der Waals surface area contributed by atoms with Crippen molar-refractivity contribution in [3.8, 4) is 11.1 Å². The van der Waals surface area contributed by atoms with Gasteiger partial charge < -0.3 is 10.1 Å². The molecule has 7 heteroatoms. The number of fused-ring (bicyclic) bond motifs is 1. The minimum atomic E-state index is -3.68. The monoisotopic (exact) mass is 373 g/mol. The number of pyridine rings is 1. The number of aromatic amines is 1. The van der Waals surface area contributed by atoms with Gasteiger partial charge in [0.1, 0.15) is 5.65 Å². The average Bonchev–Trinajstić information content (AvgIpc) is 2.99. The van der Waals surface area contributed by atoms with Crippen molar-refractivity contribution < 1.29 is 13.5 Å². The van der Waals surface area contributed by atoms with Crippen LogP contribution in [0, 0.1) is 12.8 Å². The number of hydrogen-bond acceptors (Lipinski definition) is 4. The molecule has 0 amide bonds. The maximum absolute atomic E-state index is 12.5. The Balaban J connectivity index is 1.93. The molecule has 1 aromatic carbocycles. The Morgan fingerprint density at radius 3 is 2.50 bits per heavy atom. The van der Waals surface area contributed by atoms with Crippen molar-refractivity contribution in [1.29, 1.82) is 0 Å². The second-order valence-corrected chi connectivity index (χ2v) is 8.47. The molecule has 0 saturated carbocycles. The first-order chi connectivity index (χ1) is 12.3.